The van der Waals surface area contributed by atoms with Gasteiger partial charge in [-0.05, 0) is 53.4 Å². The molecule has 226 valence electrons. The minimum absolute atomic E-state index is 0.0378. The Kier molecular flexibility index (Phi) is 7.95. The minimum Gasteiger partial charge on any atom is -0.497 e. The molecule has 1 amide bonds. The van der Waals surface area contributed by atoms with Crippen LogP contribution in [-0.4, -0.2) is 57.3 Å². The lowest BCUT2D eigenvalue weighted by atomic mass is 9.98. The SMILES string of the molecule is COc1ccc(COc2c3c(c(N(C)S(C)(=O)=O)c4cc(Cc5ccc(F)cc5)cnc24)CN(CC(F)(F)F)C3=O)cc1. The van der Waals surface area contributed by atoms with Crippen LogP contribution in [0.4, 0.5) is 23.2 Å². The highest BCUT2D eigenvalue weighted by molar-refractivity contribution is 7.92. The standard InChI is InChI=1S/C30H27F4N3O5S/c1-36(43(3,39)40)27-23-13-20(12-18-4-8-21(31)9-5-18)14-35-26(23)28(42-16-19-6-10-22(41-2)11-7-19)25-24(27)15-37(29(25)38)17-30(32,33)34/h4-11,13-14H,12,15-17H2,1-3H3. The van der Waals surface area contributed by atoms with Gasteiger partial charge in [0, 0.05) is 30.7 Å². The molecule has 0 saturated heterocycles. The summed E-state index contributed by atoms with van der Waals surface area (Å²) < 4.78 is 91.7. The van der Waals surface area contributed by atoms with E-state index in [-0.39, 0.29) is 40.1 Å². The minimum atomic E-state index is -4.69. The fraction of sp³-hybridized carbons (Fsp3) is 0.267. The van der Waals surface area contributed by atoms with Gasteiger partial charge in [-0.1, -0.05) is 24.3 Å². The molecule has 0 bridgehead atoms. The van der Waals surface area contributed by atoms with Gasteiger partial charge in [-0.25, -0.2) is 12.8 Å². The van der Waals surface area contributed by atoms with Crippen molar-refractivity contribution in [2.45, 2.75) is 25.7 Å². The van der Waals surface area contributed by atoms with Gasteiger partial charge in [0.1, 0.15) is 30.2 Å². The van der Waals surface area contributed by atoms with Crippen molar-refractivity contribution in [3.05, 3.63) is 94.4 Å². The van der Waals surface area contributed by atoms with Crippen LogP contribution in [0, 0.1) is 5.82 Å². The number of nitrogens with zero attached hydrogens (tertiary/aromatic N) is 3. The monoisotopic (exact) mass is 617 g/mol. The number of ether oxygens (including phenoxy) is 2. The number of methoxy groups -OCH3 is 1. The lowest BCUT2D eigenvalue weighted by Gasteiger charge is -2.24. The molecule has 0 saturated carbocycles. The van der Waals surface area contributed by atoms with E-state index in [1.807, 2.05) is 0 Å². The smallest absolute Gasteiger partial charge is 0.406 e. The van der Waals surface area contributed by atoms with Crippen molar-refractivity contribution in [2.75, 3.05) is 31.3 Å². The van der Waals surface area contributed by atoms with E-state index in [4.69, 9.17) is 9.47 Å². The fourth-order valence-corrected chi connectivity index (χ4v) is 5.57. The second-order valence-electron chi connectivity index (χ2n) is 10.2. The molecule has 1 aliphatic rings. The van der Waals surface area contributed by atoms with Crippen LogP contribution in [0.5, 0.6) is 11.5 Å². The van der Waals surface area contributed by atoms with Crippen molar-refractivity contribution in [3.8, 4) is 11.5 Å². The first-order chi connectivity index (χ1) is 20.2. The van der Waals surface area contributed by atoms with Crippen LogP contribution in [0.15, 0.2) is 60.8 Å². The van der Waals surface area contributed by atoms with E-state index in [9.17, 15) is 30.8 Å². The Morgan fingerprint density at radius 2 is 1.67 bits per heavy atom. The Hall–Kier alpha value is -4.39. The molecule has 13 heteroatoms. The molecule has 43 heavy (non-hydrogen) atoms. The zero-order chi connectivity index (χ0) is 31.1. The van der Waals surface area contributed by atoms with E-state index < -0.39 is 41.0 Å². The van der Waals surface area contributed by atoms with E-state index in [0.717, 1.165) is 16.1 Å². The molecule has 8 nitrogen and oxygen atoms in total. The summed E-state index contributed by atoms with van der Waals surface area (Å²) in [6.45, 7) is -2.07. The molecular weight excluding hydrogens is 590 g/mol. The van der Waals surface area contributed by atoms with Gasteiger partial charge in [0.2, 0.25) is 10.0 Å². The summed E-state index contributed by atoms with van der Waals surface area (Å²) in [4.78, 5) is 18.6. The summed E-state index contributed by atoms with van der Waals surface area (Å²) in [5.41, 5.74) is 2.13. The molecule has 0 atom stereocenters. The summed E-state index contributed by atoms with van der Waals surface area (Å²) in [6.07, 6.45) is -1.91. The molecular formula is C30H27F4N3O5S. The summed E-state index contributed by atoms with van der Waals surface area (Å²) in [5, 5.41) is 0.276. The normalized spacial score (nSPS) is 13.4. The van der Waals surface area contributed by atoms with Crippen molar-refractivity contribution < 1.29 is 40.2 Å². The van der Waals surface area contributed by atoms with Crippen LogP contribution in [-0.2, 0) is 29.6 Å². The summed E-state index contributed by atoms with van der Waals surface area (Å²) >= 11 is 0. The Labute approximate surface area is 245 Å². The van der Waals surface area contributed by atoms with Crippen LogP contribution in [0.1, 0.15) is 32.6 Å². The van der Waals surface area contributed by atoms with Gasteiger partial charge in [-0.15, -0.1) is 0 Å². The van der Waals surface area contributed by atoms with Gasteiger partial charge in [0.15, 0.2) is 5.75 Å². The molecule has 0 aliphatic carbocycles. The number of rotatable bonds is 9. The van der Waals surface area contributed by atoms with Crippen LogP contribution in [0.25, 0.3) is 10.9 Å². The van der Waals surface area contributed by atoms with E-state index in [1.54, 1.807) is 42.5 Å². The maximum absolute atomic E-state index is 13.5. The zero-order valence-corrected chi connectivity index (χ0v) is 24.2. The number of anilines is 1. The second-order valence-corrected chi connectivity index (χ2v) is 12.2. The quantitative estimate of drug-likeness (QED) is 0.232. The average molecular weight is 618 g/mol. The highest BCUT2D eigenvalue weighted by Crippen LogP contribution is 2.46. The first kappa shape index (κ1) is 30.1. The molecule has 2 heterocycles. The van der Waals surface area contributed by atoms with Crippen LogP contribution in [0.2, 0.25) is 0 Å². The number of pyridine rings is 1. The third kappa shape index (κ3) is 6.36. The van der Waals surface area contributed by atoms with E-state index in [0.29, 0.717) is 28.2 Å². The molecule has 1 aromatic heterocycles. The molecule has 5 rings (SSSR count). The van der Waals surface area contributed by atoms with Crippen LogP contribution in [0.3, 0.4) is 0 Å². The number of fused-ring (bicyclic) bond motifs is 2. The summed E-state index contributed by atoms with van der Waals surface area (Å²) in [7, 11) is -1.14. The van der Waals surface area contributed by atoms with Crippen molar-refractivity contribution >= 4 is 32.5 Å². The van der Waals surface area contributed by atoms with Gasteiger partial charge >= 0.3 is 6.18 Å². The Morgan fingerprint density at radius 3 is 2.28 bits per heavy atom. The molecule has 0 fully saturated rings. The lowest BCUT2D eigenvalue weighted by molar-refractivity contribution is -0.140. The molecule has 3 aromatic carbocycles. The zero-order valence-electron chi connectivity index (χ0n) is 23.4. The first-order valence-corrected chi connectivity index (χ1v) is 14.9. The molecule has 1 aliphatic heterocycles. The van der Waals surface area contributed by atoms with Crippen molar-refractivity contribution in [1.29, 1.82) is 0 Å². The number of aromatic nitrogens is 1. The average Bonchev–Trinajstić information content (AvgIpc) is 3.25. The third-order valence-corrected chi connectivity index (χ3v) is 8.30. The number of hydrogen-bond acceptors (Lipinski definition) is 6. The summed E-state index contributed by atoms with van der Waals surface area (Å²) in [5.74, 6) is -0.787. The maximum Gasteiger partial charge on any atom is 0.406 e. The number of hydrogen-bond donors (Lipinski definition) is 0. The summed E-state index contributed by atoms with van der Waals surface area (Å²) in [6, 6.07) is 14.4. The van der Waals surface area contributed by atoms with Crippen LogP contribution >= 0.6 is 0 Å². The number of alkyl halides is 3. The largest absolute Gasteiger partial charge is 0.497 e. The number of carbonyl (C=O) groups excluding carboxylic acids is 1. The number of amides is 1. The van der Waals surface area contributed by atoms with E-state index >= 15 is 0 Å². The number of carbonyl (C=O) groups is 1. The highest BCUT2D eigenvalue weighted by atomic mass is 32.2. The van der Waals surface area contributed by atoms with Gasteiger partial charge in [0.25, 0.3) is 5.91 Å². The van der Waals surface area contributed by atoms with Crippen molar-refractivity contribution in [2.24, 2.45) is 0 Å². The number of sulfonamides is 1. The number of halogens is 4. The van der Waals surface area contributed by atoms with Gasteiger partial charge < -0.3 is 14.4 Å². The topological polar surface area (TPSA) is 89.0 Å². The Balaban J connectivity index is 1.70. The fourth-order valence-electron chi connectivity index (χ4n) is 5.03. The first-order valence-electron chi connectivity index (χ1n) is 13.0. The van der Waals surface area contributed by atoms with Crippen LogP contribution < -0.4 is 13.8 Å². The second kappa shape index (κ2) is 11.4. The van der Waals surface area contributed by atoms with Gasteiger partial charge in [0.05, 0.1) is 24.6 Å². The van der Waals surface area contributed by atoms with Gasteiger partial charge in [-0.3, -0.25) is 14.1 Å². The predicted octanol–water partition coefficient (Wildman–Crippen LogP) is 5.47. The third-order valence-electron chi connectivity index (χ3n) is 7.13. The predicted molar refractivity (Wildman–Crippen MR) is 152 cm³/mol. The molecule has 4 aromatic rings. The Bertz CT molecular complexity index is 1790. The maximum atomic E-state index is 13.5. The van der Waals surface area contributed by atoms with Crippen molar-refractivity contribution in [3.63, 3.8) is 0 Å². The van der Waals surface area contributed by atoms with E-state index in [1.165, 1.54) is 32.5 Å². The lowest BCUT2D eigenvalue weighted by Crippen LogP contribution is -2.34. The van der Waals surface area contributed by atoms with Gasteiger partial charge in [-0.2, -0.15) is 13.2 Å². The number of benzene rings is 3. The molecule has 0 spiro atoms. The Morgan fingerprint density at radius 1 is 1.02 bits per heavy atom. The highest BCUT2D eigenvalue weighted by Gasteiger charge is 2.42. The molecule has 0 radical (unpaired) electrons. The molecule has 0 N–H and O–H groups in total. The van der Waals surface area contributed by atoms with Crippen molar-refractivity contribution in [1.82, 2.24) is 9.88 Å². The molecule has 0 unspecified atom stereocenters. The van der Waals surface area contributed by atoms with E-state index in [2.05, 4.69) is 4.98 Å².